The van der Waals surface area contributed by atoms with Crippen LogP contribution in [0.3, 0.4) is 0 Å². The topological polar surface area (TPSA) is 123 Å². The molecule has 0 saturated carbocycles. The van der Waals surface area contributed by atoms with Crippen molar-refractivity contribution in [3.63, 3.8) is 0 Å². The average molecular weight is 466 g/mol. The van der Waals surface area contributed by atoms with E-state index in [4.69, 9.17) is 0 Å². The Morgan fingerprint density at radius 1 is 1.16 bits per heavy atom. The van der Waals surface area contributed by atoms with Crippen molar-refractivity contribution in [3.05, 3.63) is 83.1 Å². The van der Waals surface area contributed by atoms with Crippen LogP contribution in [0.2, 0.25) is 0 Å². The molecular formula is C21H15N5O4S2. The van der Waals surface area contributed by atoms with Gasteiger partial charge >= 0.3 is 0 Å². The Kier molecular flexibility index (Phi) is 4.83. The Balaban J connectivity index is 1.38. The van der Waals surface area contributed by atoms with Crippen LogP contribution in [0.15, 0.2) is 76.2 Å². The van der Waals surface area contributed by atoms with Gasteiger partial charge in [0, 0.05) is 35.4 Å². The van der Waals surface area contributed by atoms with Gasteiger partial charge in [0.2, 0.25) is 15.0 Å². The van der Waals surface area contributed by atoms with Gasteiger partial charge in [-0.1, -0.05) is 12.1 Å². The van der Waals surface area contributed by atoms with E-state index in [9.17, 15) is 18.0 Å². The normalized spacial score (nSPS) is 14.1. The SMILES string of the molecule is O=C(NCc1cnn(-c2nccs2)c1)c1ccc2c(c1)NC(=O)c1ccccc1S2(=O)=O. The standard InChI is InChI=1S/C21H15N5O4S2/c27-19(23-10-13-11-24-26(12-13)21-22-7-8-31-21)14-5-6-18-16(9-14)25-20(28)15-3-1-2-4-17(15)32(18,29)30/h1-9,11-12H,10H2,(H,23,27)(H,25,28). The maximum absolute atomic E-state index is 13.0. The minimum atomic E-state index is -3.92. The van der Waals surface area contributed by atoms with Gasteiger partial charge in [-0.05, 0) is 30.3 Å². The van der Waals surface area contributed by atoms with E-state index in [0.29, 0.717) is 5.13 Å². The summed E-state index contributed by atoms with van der Waals surface area (Å²) >= 11 is 1.44. The number of hydrogen-bond donors (Lipinski definition) is 2. The Hall–Kier alpha value is -3.83. The quantitative estimate of drug-likeness (QED) is 0.478. The molecule has 1 aliphatic rings. The minimum Gasteiger partial charge on any atom is -0.348 e. The Labute approximate surface area is 186 Å². The van der Waals surface area contributed by atoms with E-state index in [2.05, 4.69) is 20.7 Å². The Morgan fingerprint density at radius 2 is 2.00 bits per heavy atom. The van der Waals surface area contributed by atoms with E-state index < -0.39 is 21.7 Å². The maximum Gasteiger partial charge on any atom is 0.257 e. The van der Waals surface area contributed by atoms with Crippen molar-refractivity contribution in [2.75, 3.05) is 5.32 Å². The summed E-state index contributed by atoms with van der Waals surface area (Å²) in [6.07, 6.45) is 5.07. The van der Waals surface area contributed by atoms with Gasteiger partial charge < -0.3 is 10.6 Å². The molecule has 2 aromatic heterocycles. The molecule has 0 fully saturated rings. The molecule has 0 aliphatic carbocycles. The summed E-state index contributed by atoms with van der Waals surface area (Å²) in [5.74, 6) is -0.960. The Morgan fingerprint density at radius 3 is 2.81 bits per heavy atom. The predicted octanol–water partition coefficient (Wildman–Crippen LogP) is 2.66. The third kappa shape index (κ3) is 3.47. The molecule has 9 nitrogen and oxygen atoms in total. The molecule has 3 heterocycles. The minimum absolute atomic E-state index is 0.0583. The van der Waals surface area contributed by atoms with Crippen molar-refractivity contribution in [1.29, 1.82) is 0 Å². The smallest absolute Gasteiger partial charge is 0.257 e. The second-order valence-electron chi connectivity index (χ2n) is 6.96. The first-order valence-corrected chi connectivity index (χ1v) is 11.8. The molecule has 0 bridgehead atoms. The van der Waals surface area contributed by atoms with Gasteiger partial charge in [0.05, 0.1) is 27.2 Å². The number of thiazole rings is 1. The molecule has 32 heavy (non-hydrogen) atoms. The number of nitrogens with zero attached hydrogens (tertiary/aromatic N) is 3. The van der Waals surface area contributed by atoms with Crippen molar-refractivity contribution in [3.8, 4) is 5.13 Å². The highest BCUT2D eigenvalue weighted by molar-refractivity contribution is 7.91. The van der Waals surface area contributed by atoms with Crippen molar-refractivity contribution in [2.45, 2.75) is 16.3 Å². The fraction of sp³-hybridized carbons (Fsp3) is 0.0476. The van der Waals surface area contributed by atoms with Crippen LogP contribution in [0.5, 0.6) is 0 Å². The maximum atomic E-state index is 13.0. The highest BCUT2D eigenvalue weighted by Gasteiger charge is 2.31. The monoisotopic (exact) mass is 465 g/mol. The molecular weight excluding hydrogens is 450 g/mol. The second-order valence-corrected chi connectivity index (χ2v) is 9.71. The van der Waals surface area contributed by atoms with Crippen LogP contribution in [0, 0.1) is 0 Å². The van der Waals surface area contributed by atoms with E-state index in [1.54, 1.807) is 35.4 Å². The summed E-state index contributed by atoms with van der Waals surface area (Å²) in [7, 11) is -3.92. The van der Waals surface area contributed by atoms with E-state index in [0.717, 1.165) is 5.56 Å². The lowest BCUT2D eigenvalue weighted by Gasteiger charge is -2.10. The number of anilines is 1. The first-order chi connectivity index (χ1) is 15.4. The first-order valence-electron chi connectivity index (χ1n) is 9.44. The van der Waals surface area contributed by atoms with Crippen LogP contribution >= 0.6 is 11.3 Å². The van der Waals surface area contributed by atoms with Gasteiger partial charge in [-0.15, -0.1) is 11.3 Å². The average Bonchev–Trinajstić information content (AvgIpc) is 3.47. The van der Waals surface area contributed by atoms with Gasteiger partial charge in [-0.25, -0.2) is 18.1 Å². The van der Waals surface area contributed by atoms with Crippen LogP contribution in [-0.2, 0) is 16.4 Å². The van der Waals surface area contributed by atoms with Crippen LogP contribution in [0.4, 0.5) is 5.69 Å². The fourth-order valence-corrected chi connectivity index (χ4v) is 5.53. The number of nitrogens with one attached hydrogen (secondary N) is 2. The van der Waals surface area contributed by atoms with Crippen LogP contribution in [0.1, 0.15) is 26.3 Å². The van der Waals surface area contributed by atoms with Gasteiger partial charge in [0.1, 0.15) is 0 Å². The summed E-state index contributed by atoms with van der Waals surface area (Å²) in [6.45, 7) is 0.220. The van der Waals surface area contributed by atoms with Crippen LogP contribution in [-0.4, -0.2) is 35.0 Å². The number of hydrogen-bond acceptors (Lipinski definition) is 7. The molecule has 1 aliphatic heterocycles. The van der Waals surface area contributed by atoms with E-state index in [-0.39, 0.29) is 33.2 Å². The lowest BCUT2D eigenvalue weighted by Crippen LogP contribution is -2.23. The molecule has 160 valence electrons. The van der Waals surface area contributed by atoms with Crippen molar-refractivity contribution < 1.29 is 18.0 Å². The third-order valence-electron chi connectivity index (χ3n) is 4.91. The lowest BCUT2D eigenvalue weighted by atomic mass is 10.1. The number of carbonyl (C=O) groups is 2. The van der Waals surface area contributed by atoms with Crippen molar-refractivity contribution >= 4 is 38.7 Å². The summed E-state index contributed by atoms with van der Waals surface area (Å²) in [6, 6.07) is 10.1. The van der Waals surface area contributed by atoms with Gasteiger partial charge in [-0.2, -0.15) is 5.10 Å². The molecule has 2 aromatic carbocycles. The third-order valence-corrected chi connectivity index (χ3v) is 7.54. The molecule has 0 unspecified atom stereocenters. The summed E-state index contributed by atoms with van der Waals surface area (Å²) in [4.78, 5) is 29.3. The predicted molar refractivity (Wildman–Crippen MR) is 117 cm³/mol. The molecule has 0 radical (unpaired) electrons. The summed E-state index contributed by atoms with van der Waals surface area (Å²) in [5, 5.41) is 12.2. The highest BCUT2D eigenvalue weighted by atomic mass is 32.2. The molecule has 0 atom stereocenters. The zero-order valence-electron chi connectivity index (χ0n) is 16.3. The molecule has 4 aromatic rings. The number of amides is 2. The summed E-state index contributed by atoms with van der Waals surface area (Å²) in [5.41, 5.74) is 1.12. The molecule has 5 rings (SSSR count). The zero-order chi connectivity index (χ0) is 22.3. The van der Waals surface area contributed by atoms with Gasteiger partial charge in [0.25, 0.3) is 11.8 Å². The fourth-order valence-electron chi connectivity index (χ4n) is 3.37. The second kappa shape index (κ2) is 7.70. The Bertz CT molecular complexity index is 1460. The lowest BCUT2D eigenvalue weighted by molar-refractivity contribution is 0.0949. The zero-order valence-corrected chi connectivity index (χ0v) is 18.0. The number of aromatic nitrogens is 3. The van der Waals surface area contributed by atoms with Gasteiger partial charge in [0.15, 0.2) is 0 Å². The number of carbonyl (C=O) groups excluding carboxylic acids is 2. The first kappa shape index (κ1) is 20.1. The van der Waals surface area contributed by atoms with Crippen molar-refractivity contribution in [2.24, 2.45) is 0 Å². The summed E-state index contributed by atoms with van der Waals surface area (Å²) < 4.78 is 27.7. The van der Waals surface area contributed by atoms with Crippen LogP contribution in [0.25, 0.3) is 5.13 Å². The van der Waals surface area contributed by atoms with E-state index >= 15 is 0 Å². The van der Waals surface area contributed by atoms with Crippen LogP contribution < -0.4 is 10.6 Å². The number of benzene rings is 2. The van der Waals surface area contributed by atoms with Gasteiger partial charge in [-0.3, -0.25) is 9.59 Å². The molecule has 0 spiro atoms. The number of fused-ring (bicyclic) bond motifs is 2. The number of rotatable bonds is 4. The molecule has 2 N–H and O–H groups in total. The molecule has 2 amide bonds. The highest BCUT2D eigenvalue weighted by Crippen LogP contribution is 2.34. The molecule has 0 saturated heterocycles. The largest absolute Gasteiger partial charge is 0.348 e. The van der Waals surface area contributed by atoms with Crippen molar-refractivity contribution in [1.82, 2.24) is 20.1 Å². The molecule has 11 heteroatoms. The number of sulfone groups is 1. The van der Waals surface area contributed by atoms with E-state index in [1.807, 2.05) is 5.38 Å². The van der Waals surface area contributed by atoms with E-state index in [1.165, 1.54) is 41.7 Å².